The molecule has 0 bridgehead atoms. The SMILES string of the molecule is CCNC1CC2CCc3ccc(C)c1c32. The van der Waals surface area contributed by atoms with Crippen LogP contribution >= 0.6 is 0 Å². The van der Waals surface area contributed by atoms with Crippen LogP contribution in [0.3, 0.4) is 0 Å². The Kier molecular flexibility index (Phi) is 2.10. The molecule has 0 saturated heterocycles. The van der Waals surface area contributed by atoms with Crippen LogP contribution < -0.4 is 5.32 Å². The molecular weight excluding hydrogens is 182 g/mol. The second kappa shape index (κ2) is 3.34. The standard InChI is InChI=1S/C14H19N/c1-3-15-12-8-11-7-6-10-5-4-9(2)13(12)14(10)11/h4-5,11-12,15H,3,6-8H2,1-2H3. The zero-order chi connectivity index (χ0) is 10.4. The lowest BCUT2D eigenvalue weighted by Gasteiger charge is -2.16. The number of hydrogen-bond acceptors (Lipinski definition) is 1. The minimum absolute atomic E-state index is 0.634. The number of benzene rings is 1. The van der Waals surface area contributed by atoms with E-state index >= 15 is 0 Å². The summed E-state index contributed by atoms with van der Waals surface area (Å²) in [5.74, 6) is 0.860. The molecule has 0 aromatic heterocycles. The maximum absolute atomic E-state index is 3.63. The lowest BCUT2D eigenvalue weighted by molar-refractivity contribution is 0.499. The average Bonchev–Trinajstić information content (AvgIpc) is 2.75. The van der Waals surface area contributed by atoms with Gasteiger partial charge in [0, 0.05) is 6.04 Å². The largest absolute Gasteiger partial charge is 0.310 e. The van der Waals surface area contributed by atoms with E-state index in [0.29, 0.717) is 6.04 Å². The van der Waals surface area contributed by atoms with Gasteiger partial charge in [0.15, 0.2) is 0 Å². The van der Waals surface area contributed by atoms with E-state index in [1.165, 1.54) is 24.8 Å². The number of hydrogen-bond donors (Lipinski definition) is 1. The first-order valence-corrected chi connectivity index (χ1v) is 6.17. The van der Waals surface area contributed by atoms with E-state index in [2.05, 4.69) is 31.3 Å². The van der Waals surface area contributed by atoms with Gasteiger partial charge >= 0.3 is 0 Å². The molecule has 0 aliphatic heterocycles. The van der Waals surface area contributed by atoms with Gasteiger partial charge in [-0.2, -0.15) is 0 Å². The molecule has 0 amide bonds. The summed E-state index contributed by atoms with van der Waals surface area (Å²) in [5, 5.41) is 3.63. The fraction of sp³-hybridized carbons (Fsp3) is 0.571. The molecule has 1 nitrogen and oxygen atoms in total. The predicted molar refractivity (Wildman–Crippen MR) is 63.3 cm³/mol. The number of aryl methyl sites for hydroxylation is 2. The molecule has 15 heavy (non-hydrogen) atoms. The highest BCUT2D eigenvalue weighted by Gasteiger charge is 2.36. The molecule has 1 aromatic rings. The maximum atomic E-state index is 3.63. The van der Waals surface area contributed by atoms with Gasteiger partial charge in [0.05, 0.1) is 0 Å². The molecule has 2 unspecified atom stereocenters. The Hall–Kier alpha value is -0.820. The van der Waals surface area contributed by atoms with Gasteiger partial charge in [-0.3, -0.25) is 0 Å². The summed E-state index contributed by atoms with van der Waals surface area (Å²) in [6.45, 7) is 5.55. The van der Waals surface area contributed by atoms with Crippen molar-refractivity contribution < 1.29 is 0 Å². The zero-order valence-electron chi connectivity index (χ0n) is 9.64. The minimum atomic E-state index is 0.634. The Morgan fingerprint density at radius 3 is 3.00 bits per heavy atom. The third kappa shape index (κ3) is 1.26. The van der Waals surface area contributed by atoms with Crippen LogP contribution in [0.5, 0.6) is 0 Å². The zero-order valence-corrected chi connectivity index (χ0v) is 9.64. The Morgan fingerprint density at radius 2 is 2.20 bits per heavy atom. The van der Waals surface area contributed by atoms with Crippen molar-refractivity contribution in [2.24, 2.45) is 0 Å². The molecule has 3 rings (SSSR count). The van der Waals surface area contributed by atoms with Gasteiger partial charge in [0.1, 0.15) is 0 Å². The summed E-state index contributed by atoms with van der Waals surface area (Å²) in [7, 11) is 0. The molecular formula is C14H19N. The average molecular weight is 201 g/mol. The van der Waals surface area contributed by atoms with Crippen LogP contribution in [0.1, 0.15) is 54.0 Å². The van der Waals surface area contributed by atoms with Gasteiger partial charge in [-0.05, 0) is 60.9 Å². The molecule has 1 N–H and O–H groups in total. The van der Waals surface area contributed by atoms with Crippen LogP contribution in [0.15, 0.2) is 12.1 Å². The third-order valence-corrected chi connectivity index (χ3v) is 4.09. The normalized spacial score (nSPS) is 27.1. The van der Waals surface area contributed by atoms with Crippen LogP contribution in [0.25, 0.3) is 0 Å². The highest BCUT2D eigenvalue weighted by Crippen LogP contribution is 2.49. The molecule has 2 atom stereocenters. The lowest BCUT2D eigenvalue weighted by atomic mass is 9.98. The van der Waals surface area contributed by atoms with Crippen LogP contribution in [-0.4, -0.2) is 6.54 Å². The van der Waals surface area contributed by atoms with Gasteiger partial charge in [-0.1, -0.05) is 19.1 Å². The van der Waals surface area contributed by atoms with Gasteiger partial charge in [0.25, 0.3) is 0 Å². The van der Waals surface area contributed by atoms with E-state index < -0.39 is 0 Å². The summed E-state index contributed by atoms with van der Waals surface area (Å²) in [6, 6.07) is 5.30. The van der Waals surface area contributed by atoms with E-state index in [1.807, 2.05) is 0 Å². The first-order valence-electron chi connectivity index (χ1n) is 6.17. The number of rotatable bonds is 2. The first kappa shape index (κ1) is 9.41. The molecule has 1 aromatic carbocycles. The number of nitrogens with one attached hydrogen (secondary N) is 1. The predicted octanol–water partition coefficient (Wildman–Crippen LogP) is 3.08. The molecule has 1 heteroatoms. The molecule has 2 aliphatic carbocycles. The highest BCUT2D eigenvalue weighted by molar-refractivity contribution is 5.50. The first-order chi connectivity index (χ1) is 7.31. The Balaban J connectivity index is 2.11. The van der Waals surface area contributed by atoms with Crippen LogP contribution in [0.2, 0.25) is 0 Å². The fourth-order valence-corrected chi connectivity index (χ4v) is 3.50. The van der Waals surface area contributed by atoms with Crippen molar-refractivity contribution in [2.75, 3.05) is 6.54 Å². The van der Waals surface area contributed by atoms with Crippen molar-refractivity contribution in [3.05, 3.63) is 34.4 Å². The van der Waals surface area contributed by atoms with Crippen molar-refractivity contribution in [3.63, 3.8) is 0 Å². The topological polar surface area (TPSA) is 12.0 Å². The van der Waals surface area contributed by atoms with Crippen molar-refractivity contribution in [3.8, 4) is 0 Å². The smallest absolute Gasteiger partial charge is 0.0331 e. The minimum Gasteiger partial charge on any atom is -0.310 e. The monoisotopic (exact) mass is 201 g/mol. The quantitative estimate of drug-likeness (QED) is 0.775. The summed E-state index contributed by atoms with van der Waals surface area (Å²) in [5.41, 5.74) is 6.46. The highest BCUT2D eigenvalue weighted by atomic mass is 14.9. The molecule has 0 saturated carbocycles. The summed E-state index contributed by atoms with van der Waals surface area (Å²) in [4.78, 5) is 0. The van der Waals surface area contributed by atoms with Crippen molar-refractivity contribution in [2.45, 2.75) is 45.1 Å². The summed E-state index contributed by atoms with van der Waals surface area (Å²) >= 11 is 0. The Labute approximate surface area is 91.9 Å². The summed E-state index contributed by atoms with van der Waals surface area (Å²) < 4.78 is 0. The van der Waals surface area contributed by atoms with Crippen LogP contribution in [0.4, 0.5) is 0 Å². The van der Waals surface area contributed by atoms with E-state index in [9.17, 15) is 0 Å². The summed E-state index contributed by atoms with van der Waals surface area (Å²) in [6.07, 6.45) is 4.03. The molecule has 0 radical (unpaired) electrons. The van der Waals surface area contributed by atoms with E-state index in [1.54, 1.807) is 16.7 Å². The Morgan fingerprint density at radius 1 is 1.33 bits per heavy atom. The maximum Gasteiger partial charge on any atom is 0.0331 e. The lowest BCUT2D eigenvalue weighted by Crippen LogP contribution is -2.19. The van der Waals surface area contributed by atoms with Crippen LogP contribution in [-0.2, 0) is 6.42 Å². The molecule has 2 aliphatic rings. The van der Waals surface area contributed by atoms with Gasteiger partial charge in [-0.25, -0.2) is 0 Å². The molecule has 0 fully saturated rings. The van der Waals surface area contributed by atoms with Gasteiger partial charge in [0.2, 0.25) is 0 Å². The second-order valence-electron chi connectivity index (χ2n) is 4.95. The second-order valence-corrected chi connectivity index (χ2v) is 4.95. The molecule has 80 valence electrons. The van der Waals surface area contributed by atoms with E-state index in [-0.39, 0.29) is 0 Å². The van der Waals surface area contributed by atoms with E-state index in [0.717, 1.165) is 12.5 Å². The third-order valence-electron chi connectivity index (χ3n) is 4.09. The molecule has 0 spiro atoms. The van der Waals surface area contributed by atoms with Crippen molar-refractivity contribution in [1.82, 2.24) is 5.32 Å². The Bertz CT molecular complexity index is 395. The van der Waals surface area contributed by atoms with Crippen LogP contribution in [0, 0.1) is 6.92 Å². The van der Waals surface area contributed by atoms with Crippen molar-refractivity contribution >= 4 is 0 Å². The van der Waals surface area contributed by atoms with E-state index in [4.69, 9.17) is 0 Å². The van der Waals surface area contributed by atoms with Gasteiger partial charge < -0.3 is 5.32 Å². The van der Waals surface area contributed by atoms with Crippen molar-refractivity contribution in [1.29, 1.82) is 0 Å². The molecule has 0 heterocycles. The van der Waals surface area contributed by atoms with Gasteiger partial charge in [-0.15, -0.1) is 0 Å². The fourth-order valence-electron chi connectivity index (χ4n) is 3.50.